The Morgan fingerprint density at radius 1 is 1.03 bits per heavy atom. The van der Waals surface area contributed by atoms with E-state index in [4.69, 9.17) is 22.1 Å². The van der Waals surface area contributed by atoms with Crippen molar-refractivity contribution in [2.45, 2.75) is 17.7 Å². The van der Waals surface area contributed by atoms with Crippen molar-refractivity contribution in [3.05, 3.63) is 76.9 Å². The monoisotopic (exact) mass is 484 g/mol. The first kappa shape index (κ1) is 23.0. The van der Waals surface area contributed by atoms with Crippen molar-refractivity contribution in [3.8, 4) is 0 Å². The highest BCUT2D eigenvalue weighted by atomic mass is 35.5. The van der Waals surface area contributed by atoms with Gasteiger partial charge in [-0.25, -0.2) is 12.4 Å². The van der Waals surface area contributed by atoms with Gasteiger partial charge in [0.1, 0.15) is 0 Å². The lowest BCUT2D eigenvalue weighted by Crippen LogP contribution is -2.17. The summed E-state index contributed by atoms with van der Waals surface area (Å²) in [5.41, 5.74) is 6.76. The van der Waals surface area contributed by atoms with Crippen LogP contribution >= 0.6 is 11.6 Å². The van der Waals surface area contributed by atoms with Crippen molar-refractivity contribution in [2.24, 2.45) is 5.73 Å². The zero-order valence-electron chi connectivity index (χ0n) is 17.7. The summed E-state index contributed by atoms with van der Waals surface area (Å²) in [6, 6.07) is 16.3. The van der Waals surface area contributed by atoms with E-state index in [9.17, 15) is 18.0 Å². The van der Waals surface area contributed by atoms with E-state index < -0.39 is 16.0 Å². The van der Waals surface area contributed by atoms with E-state index in [1.54, 1.807) is 54.6 Å². The summed E-state index contributed by atoms with van der Waals surface area (Å²) in [5, 5.41) is 2.01. The lowest BCUT2D eigenvalue weighted by atomic mass is 10.0. The van der Waals surface area contributed by atoms with Gasteiger partial charge < -0.3 is 10.5 Å². The summed E-state index contributed by atoms with van der Waals surface area (Å²) in [6.07, 6.45) is 0.167. The van der Waals surface area contributed by atoms with Gasteiger partial charge >= 0.3 is 5.97 Å². The third-order valence-electron chi connectivity index (χ3n) is 5.49. The lowest BCUT2D eigenvalue weighted by molar-refractivity contribution is -0.140. The van der Waals surface area contributed by atoms with Gasteiger partial charge in [0.15, 0.2) is 5.78 Å². The number of nitrogens with two attached hydrogens (primary N) is 1. The van der Waals surface area contributed by atoms with Crippen LogP contribution in [0.25, 0.3) is 21.7 Å². The Labute approximate surface area is 195 Å². The van der Waals surface area contributed by atoms with Gasteiger partial charge in [0.25, 0.3) is 10.0 Å². The number of fused-ring (bicyclic) bond motifs is 2. The summed E-state index contributed by atoms with van der Waals surface area (Å²) < 4.78 is 33.9. The van der Waals surface area contributed by atoms with Crippen LogP contribution in [-0.4, -0.2) is 37.8 Å². The van der Waals surface area contributed by atoms with Crippen molar-refractivity contribution < 1.29 is 22.7 Å². The highest BCUT2D eigenvalue weighted by Gasteiger charge is 2.26. The molecule has 0 aliphatic rings. The quantitative estimate of drug-likeness (QED) is 0.314. The SMILES string of the molecule is COC(=O)CCc1cc2cc(Cl)ccc2n1S(=O)(=O)c1cccc2c(C(=O)CN)cccc12. The normalized spacial score (nSPS) is 11.7. The molecule has 1 heterocycles. The molecular formula is C24H21ClN2O5S. The van der Waals surface area contributed by atoms with E-state index in [1.807, 2.05) is 0 Å². The van der Waals surface area contributed by atoms with Crippen LogP contribution in [0, 0.1) is 0 Å². The predicted molar refractivity (Wildman–Crippen MR) is 127 cm³/mol. The lowest BCUT2D eigenvalue weighted by Gasteiger charge is -2.15. The van der Waals surface area contributed by atoms with Crippen LogP contribution in [0.3, 0.4) is 0 Å². The maximum absolute atomic E-state index is 14.0. The maximum Gasteiger partial charge on any atom is 0.305 e. The summed E-state index contributed by atoms with van der Waals surface area (Å²) in [5.74, 6) is -0.729. The minimum atomic E-state index is -4.12. The number of ketones is 1. The molecule has 0 saturated heterocycles. The molecule has 2 N–H and O–H groups in total. The molecule has 0 fully saturated rings. The number of aromatic nitrogens is 1. The van der Waals surface area contributed by atoms with Gasteiger partial charge in [-0.15, -0.1) is 0 Å². The smallest absolute Gasteiger partial charge is 0.305 e. The van der Waals surface area contributed by atoms with E-state index >= 15 is 0 Å². The molecule has 170 valence electrons. The summed E-state index contributed by atoms with van der Waals surface area (Å²) >= 11 is 6.13. The average molecular weight is 485 g/mol. The zero-order valence-corrected chi connectivity index (χ0v) is 19.3. The molecule has 0 atom stereocenters. The maximum atomic E-state index is 14.0. The highest BCUT2D eigenvalue weighted by Crippen LogP contribution is 2.32. The molecule has 9 heteroatoms. The van der Waals surface area contributed by atoms with Gasteiger partial charge in [-0.1, -0.05) is 41.9 Å². The molecule has 0 unspecified atom stereocenters. The number of methoxy groups -OCH3 is 1. The second-order valence-electron chi connectivity index (χ2n) is 7.47. The summed E-state index contributed by atoms with van der Waals surface area (Å²) in [6.45, 7) is -0.184. The van der Waals surface area contributed by atoms with Gasteiger partial charge in [-0.3, -0.25) is 9.59 Å². The fraction of sp³-hybridized carbons (Fsp3) is 0.167. The van der Waals surface area contributed by atoms with Crippen LogP contribution in [0.2, 0.25) is 5.02 Å². The Morgan fingerprint density at radius 3 is 2.48 bits per heavy atom. The molecular weight excluding hydrogens is 464 g/mol. The number of rotatable bonds is 7. The third-order valence-corrected chi connectivity index (χ3v) is 7.55. The molecule has 1 aromatic heterocycles. The van der Waals surface area contributed by atoms with Crippen molar-refractivity contribution >= 4 is 55.1 Å². The average Bonchev–Trinajstić information content (AvgIpc) is 3.19. The second kappa shape index (κ2) is 8.97. The Morgan fingerprint density at radius 2 is 1.76 bits per heavy atom. The molecule has 0 saturated carbocycles. The van der Waals surface area contributed by atoms with E-state index in [0.29, 0.717) is 38.0 Å². The predicted octanol–water partition coefficient (Wildman–Crippen LogP) is 3.93. The zero-order chi connectivity index (χ0) is 23.8. The number of hydrogen-bond acceptors (Lipinski definition) is 6. The number of benzene rings is 3. The molecule has 0 aliphatic carbocycles. The molecule has 0 amide bonds. The second-order valence-corrected chi connectivity index (χ2v) is 9.66. The number of hydrogen-bond donors (Lipinski definition) is 1. The van der Waals surface area contributed by atoms with Crippen LogP contribution in [0.15, 0.2) is 65.6 Å². The summed E-state index contributed by atoms with van der Waals surface area (Å²) in [7, 11) is -2.83. The van der Waals surface area contributed by atoms with Crippen molar-refractivity contribution in [2.75, 3.05) is 13.7 Å². The number of halogens is 1. The Hall–Kier alpha value is -3.20. The molecule has 0 radical (unpaired) electrons. The number of esters is 1. The van der Waals surface area contributed by atoms with Crippen LogP contribution in [0.5, 0.6) is 0 Å². The van der Waals surface area contributed by atoms with Gasteiger partial charge in [0.2, 0.25) is 0 Å². The molecule has 0 aliphatic heterocycles. The van der Waals surface area contributed by atoms with Crippen LogP contribution in [0.4, 0.5) is 0 Å². The number of nitrogens with zero attached hydrogens (tertiary/aromatic N) is 1. The van der Waals surface area contributed by atoms with Crippen LogP contribution < -0.4 is 5.73 Å². The molecule has 3 aromatic carbocycles. The first-order chi connectivity index (χ1) is 15.8. The number of Topliss-reactive ketones (excluding diaryl/α,β-unsaturated/α-hetero) is 1. The molecule has 33 heavy (non-hydrogen) atoms. The van der Waals surface area contributed by atoms with E-state index in [2.05, 4.69) is 0 Å². The standard InChI is InChI=1S/C24H21ClN2O5S/c1-32-24(29)11-9-17-13-15-12-16(25)8-10-21(15)27(17)33(30,31)23-7-3-4-18-19(22(28)14-26)5-2-6-20(18)23/h2-8,10,12-13H,9,11,14,26H2,1H3. The number of carbonyl (C=O) groups excluding carboxylic acids is 2. The molecule has 4 rings (SSSR count). The first-order valence-electron chi connectivity index (χ1n) is 10.1. The Bertz CT molecular complexity index is 1510. The topological polar surface area (TPSA) is 108 Å². The van der Waals surface area contributed by atoms with Gasteiger partial charge in [-0.2, -0.15) is 0 Å². The van der Waals surface area contributed by atoms with Gasteiger partial charge in [0.05, 0.1) is 30.5 Å². The summed E-state index contributed by atoms with van der Waals surface area (Å²) in [4.78, 5) is 24.1. The molecule has 0 bridgehead atoms. The molecule has 7 nitrogen and oxygen atoms in total. The van der Waals surface area contributed by atoms with Crippen molar-refractivity contribution in [3.63, 3.8) is 0 Å². The largest absolute Gasteiger partial charge is 0.469 e. The van der Waals surface area contributed by atoms with Gasteiger partial charge in [-0.05, 0) is 42.1 Å². The number of carbonyl (C=O) groups is 2. The fourth-order valence-electron chi connectivity index (χ4n) is 3.97. The van der Waals surface area contributed by atoms with Crippen LogP contribution in [0.1, 0.15) is 22.5 Å². The first-order valence-corrected chi connectivity index (χ1v) is 12.0. The molecule has 0 spiro atoms. The minimum absolute atomic E-state index is 0.0146. The highest BCUT2D eigenvalue weighted by molar-refractivity contribution is 7.90. The number of ether oxygens (including phenoxy) is 1. The van der Waals surface area contributed by atoms with Crippen LogP contribution in [-0.2, 0) is 26.0 Å². The van der Waals surface area contributed by atoms with Crippen molar-refractivity contribution in [1.82, 2.24) is 3.97 Å². The Kier molecular flexibility index (Phi) is 6.25. The third kappa shape index (κ3) is 4.13. The van der Waals surface area contributed by atoms with Gasteiger partial charge in [0, 0.05) is 27.1 Å². The fourth-order valence-corrected chi connectivity index (χ4v) is 5.93. The minimum Gasteiger partial charge on any atom is -0.469 e. The number of aryl methyl sites for hydroxylation is 1. The Balaban J connectivity index is 1.97. The van der Waals surface area contributed by atoms with E-state index in [1.165, 1.54) is 17.1 Å². The van der Waals surface area contributed by atoms with E-state index in [0.717, 1.165) is 0 Å². The van der Waals surface area contributed by atoms with E-state index in [-0.39, 0.29) is 30.1 Å². The molecule has 4 aromatic rings. The van der Waals surface area contributed by atoms with Crippen molar-refractivity contribution in [1.29, 1.82) is 0 Å².